The highest BCUT2D eigenvalue weighted by Crippen LogP contribution is 2.16. The van der Waals surface area contributed by atoms with Crippen LogP contribution in [0.1, 0.15) is 12.5 Å². The average molecular weight is 338 g/mol. The molecule has 0 saturated heterocycles. The lowest BCUT2D eigenvalue weighted by atomic mass is 10.1. The largest absolute Gasteiger partial charge is 0.284 e. The number of nitrogens with zero attached hydrogens (tertiary/aromatic N) is 2. The Morgan fingerprint density at radius 3 is 2.46 bits per heavy atom. The molecule has 0 aliphatic carbocycles. The normalized spacial score (nSPS) is 11.3. The lowest BCUT2D eigenvalue weighted by Crippen LogP contribution is -2.18. The smallest absolute Gasteiger partial charge is 0.255 e. The molecule has 0 aliphatic rings. The van der Waals surface area contributed by atoms with E-state index in [1.807, 2.05) is 49.4 Å². The van der Waals surface area contributed by atoms with Crippen LogP contribution < -0.4 is 11.0 Å². The maximum Gasteiger partial charge on any atom is 0.255 e. The van der Waals surface area contributed by atoms with E-state index in [-0.39, 0.29) is 5.56 Å². The summed E-state index contributed by atoms with van der Waals surface area (Å²) in [5.74, 6) is 0. The summed E-state index contributed by atoms with van der Waals surface area (Å²) in [6.45, 7) is 1.90. The van der Waals surface area contributed by atoms with E-state index in [1.54, 1.807) is 29.0 Å². The molecule has 2 aromatic carbocycles. The van der Waals surface area contributed by atoms with Gasteiger partial charge in [-0.1, -0.05) is 35.9 Å². The summed E-state index contributed by atoms with van der Waals surface area (Å²) in [4.78, 5) is 12.1. The maximum atomic E-state index is 12.1. The summed E-state index contributed by atoms with van der Waals surface area (Å²) in [6, 6.07) is 20.1. The summed E-state index contributed by atoms with van der Waals surface area (Å²) in [6.07, 6.45) is 1.75. The van der Waals surface area contributed by atoms with Crippen LogP contribution in [-0.2, 0) is 0 Å². The van der Waals surface area contributed by atoms with Crippen LogP contribution in [0.4, 0.5) is 5.69 Å². The summed E-state index contributed by atoms with van der Waals surface area (Å²) < 4.78 is 1.61. The van der Waals surface area contributed by atoms with Crippen molar-refractivity contribution in [1.29, 1.82) is 0 Å². The third kappa shape index (κ3) is 3.55. The van der Waals surface area contributed by atoms with Crippen LogP contribution in [0.3, 0.4) is 0 Å². The van der Waals surface area contributed by atoms with Crippen LogP contribution in [-0.4, -0.2) is 10.3 Å². The van der Waals surface area contributed by atoms with Gasteiger partial charge in [0.05, 0.1) is 17.1 Å². The number of aromatic nitrogens is 1. The molecule has 4 nitrogen and oxygen atoms in total. The number of para-hydroxylation sites is 1. The van der Waals surface area contributed by atoms with Gasteiger partial charge >= 0.3 is 0 Å². The van der Waals surface area contributed by atoms with Crippen LogP contribution in [0, 0.1) is 0 Å². The molecule has 0 amide bonds. The molecule has 3 rings (SSSR count). The number of rotatable bonds is 4. The Balaban J connectivity index is 1.94. The van der Waals surface area contributed by atoms with Gasteiger partial charge in [0.25, 0.3) is 5.56 Å². The second-order valence-corrected chi connectivity index (χ2v) is 5.68. The van der Waals surface area contributed by atoms with E-state index >= 15 is 0 Å². The minimum Gasteiger partial charge on any atom is -0.284 e. The molecule has 0 radical (unpaired) electrons. The number of hydrogen-bond acceptors (Lipinski definition) is 3. The molecule has 5 heteroatoms. The number of anilines is 1. The second kappa shape index (κ2) is 7.15. The Bertz CT molecular complexity index is 930. The zero-order valence-electron chi connectivity index (χ0n) is 13.1. The molecular weight excluding hydrogens is 322 g/mol. The van der Waals surface area contributed by atoms with Crippen molar-refractivity contribution in [3.63, 3.8) is 0 Å². The van der Waals surface area contributed by atoms with Gasteiger partial charge in [-0.05, 0) is 43.3 Å². The molecule has 0 unspecified atom stereocenters. The van der Waals surface area contributed by atoms with E-state index in [1.165, 1.54) is 6.07 Å². The fourth-order valence-corrected chi connectivity index (χ4v) is 2.48. The lowest BCUT2D eigenvalue weighted by Gasteiger charge is -2.11. The number of benzene rings is 2. The van der Waals surface area contributed by atoms with Crippen molar-refractivity contribution >= 4 is 23.0 Å². The lowest BCUT2D eigenvalue weighted by molar-refractivity contribution is 0.986. The van der Waals surface area contributed by atoms with Gasteiger partial charge in [-0.2, -0.15) is 5.10 Å². The van der Waals surface area contributed by atoms with Crippen LogP contribution in [0.2, 0.25) is 5.02 Å². The molecular formula is C19H16ClN3O. The number of hydrazone groups is 1. The van der Waals surface area contributed by atoms with Crippen molar-refractivity contribution in [3.8, 4) is 5.69 Å². The first-order chi connectivity index (χ1) is 11.6. The Labute approximate surface area is 145 Å². The highest BCUT2D eigenvalue weighted by atomic mass is 35.5. The molecule has 0 spiro atoms. The SMILES string of the molecule is C/C(=N\Nc1ccc(Cl)cc1)c1ccccc1-n1ccccc1=O. The minimum atomic E-state index is -0.0802. The number of pyridine rings is 1. The minimum absolute atomic E-state index is 0.0802. The summed E-state index contributed by atoms with van der Waals surface area (Å²) in [5.41, 5.74) is 6.22. The van der Waals surface area contributed by atoms with Gasteiger partial charge < -0.3 is 0 Å². The fourth-order valence-electron chi connectivity index (χ4n) is 2.35. The zero-order valence-corrected chi connectivity index (χ0v) is 13.9. The van der Waals surface area contributed by atoms with Gasteiger partial charge in [-0.15, -0.1) is 0 Å². The number of halogens is 1. The summed E-state index contributed by atoms with van der Waals surface area (Å²) >= 11 is 5.88. The third-order valence-corrected chi connectivity index (χ3v) is 3.82. The molecule has 1 heterocycles. The monoisotopic (exact) mass is 337 g/mol. The van der Waals surface area contributed by atoms with E-state index in [9.17, 15) is 4.79 Å². The van der Waals surface area contributed by atoms with Crippen molar-refractivity contribution in [2.45, 2.75) is 6.92 Å². The van der Waals surface area contributed by atoms with Crippen molar-refractivity contribution < 1.29 is 0 Å². The first-order valence-corrected chi connectivity index (χ1v) is 7.86. The number of nitrogens with one attached hydrogen (secondary N) is 1. The van der Waals surface area contributed by atoms with Gasteiger partial charge in [0.2, 0.25) is 0 Å². The molecule has 1 aromatic heterocycles. The van der Waals surface area contributed by atoms with Crippen molar-refractivity contribution in [2.75, 3.05) is 5.43 Å². The predicted molar refractivity (Wildman–Crippen MR) is 99.3 cm³/mol. The van der Waals surface area contributed by atoms with Gasteiger partial charge in [-0.3, -0.25) is 14.8 Å². The fraction of sp³-hybridized carbons (Fsp3) is 0.0526. The third-order valence-electron chi connectivity index (χ3n) is 3.57. The molecule has 0 atom stereocenters. The molecule has 120 valence electrons. The summed E-state index contributed by atoms with van der Waals surface area (Å²) in [7, 11) is 0. The Morgan fingerprint density at radius 1 is 1.00 bits per heavy atom. The molecule has 1 N–H and O–H groups in total. The van der Waals surface area contributed by atoms with Crippen molar-refractivity contribution in [1.82, 2.24) is 4.57 Å². The molecule has 3 aromatic rings. The van der Waals surface area contributed by atoms with Crippen molar-refractivity contribution in [2.24, 2.45) is 5.10 Å². The van der Waals surface area contributed by atoms with Gasteiger partial charge in [0.15, 0.2) is 0 Å². The second-order valence-electron chi connectivity index (χ2n) is 5.24. The molecule has 0 bridgehead atoms. The van der Waals surface area contributed by atoms with Crippen LogP contribution in [0.5, 0.6) is 0 Å². The molecule has 0 aliphatic heterocycles. The first-order valence-electron chi connectivity index (χ1n) is 7.48. The standard InChI is InChI=1S/C19H16ClN3O/c1-14(21-22-16-11-9-15(20)10-12-16)17-6-2-3-7-18(17)23-13-5-4-8-19(23)24/h2-13,22H,1H3/b21-14+. The Hall–Kier alpha value is -2.85. The Morgan fingerprint density at radius 2 is 1.71 bits per heavy atom. The van der Waals surface area contributed by atoms with Gasteiger partial charge in [0, 0.05) is 22.8 Å². The molecule has 0 fully saturated rings. The predicted octanol–water partition coefficient (Wildman–Crippen LogP) is 4.33. The Kier molecular flexibility index (Phi) is 4.77. The van der Waals surface area contributed by atoms with Crippen LogP contribution in [0.15, 0.2) is 82.8 Å². The van der Waals surface area contributed by atoms with E-state index < -0.39 is 0 Å². The van der Waals surface area contributed by atoms with Crippen LogP contribution in [0.25, 0.3) is 5.69 Å². The zero-order chi connectivity index (χ0) is 16.9. The molecule has 24 heavy (non-hydrogen) atoms. The topological polar surface area (TPSA) is 46.4 Å². The van der Waals surface area contributed by atoms with Crippen molar-refractivity contribution in [3.05, 3.63) is 93.9 Å². The number of hydrogen-bond donors (Lipinski definition) is 1. The maximum absolute atomic E-state index is 12.1. The highest BCUT2D eigenvalue weighted by Gasteiger charge is 2.08. The quantitative estimate of drug-likeness (QED) is 0.569. The van der Waals surface area contributed by atoms with Gasteiger partial charge in [-0.25, -0.2) is 0 Å². The van der Waals surface area contributed by atoms with E-state index in [0.29, 0.717) is 5.02 Å². The average Bonchev–Trinajstić information content (AvgIpc) is 2.61. The first kappa shape index (κ1) is 16.0. The molecule has 0 saturated carbocycles. The highest BCUT2D eigenvalue weighted by molar-refractivity contribution is 6.30. The summed E-state index contributed by atoms with van der Waals surface area (Å²) in [5, 5.41) is 5.09. The van der Waals surface area contributed by atoms with E-state index in [4.69, 9.17) is 11.6 Å². The van der Waals surface area contributed by atoms with Gasteiger partial charge in [0.1, 0.15) is 0 Å². The van der Waals surface area contributed by atoms with E-state index in [0.717, 1.165) is 22.6 Å². The van der Waals surface area contributed by atoms with E-state index in [2.05, 4.69) is 10.5 Å². The van der Waals surface area contributed by atoms with Crippen LogP contribution >= 0.6 is 11.6 Å².